The van der Waals surface area contributed by atoms with E-state index in [1.807, 2.05) is 0 Å². The number of nitrogen functional groups attached to an aromatic ring is 1. The summed E-state index contributed by atoms with van der Waals surface area (Å²) in [6.07, 6.45) is 1.03. The highest BCUT2D eigenvalue weighted by atomic mass is 32.1. The molecule has 0 spiro atoms. The zero-order valence-electron chi connectivity index (χ0n) is 7.00. The van der Waals surface area contributed by atoms with E-state index in [2.05, 4.69) is 29.2 Å². The number of nitrogens with two attached hydrogens (primary N) is 1. The highest BCUT2D eigenvalue weighted by Gasteiger charge is 2.24. The zero-order chi connectivity index (χ0) is 8.84. The number of aromatic amines is 1. The van der Waals surface area contributed by atoms with Crippen LogP contribution in [0.15, 0.2) is 24.3 Å². The van der Waals surface area contributed by atoms with E-state index in [1.165, 1.54) is 21.7 Å². The van der Waals surface area contributed by atoms with Gasteiger partial charge in [-0.15, -0.1) is 0 Å². The molecule has 0 saturated carbocycles. The maximum atomic E-state index is 5.71. The van der Waals surface area contributed by atoms with E-state index in [0.717, 1.165) is 11.6 Å². The van der Waals surface area contributed by atoms with Gasteiger partial charge in [-0.05, 0) is 5.56 Å². The second-order valence-electron chi connectivity index (χ2n) is 3.22. The number of hydrogen-bond donors (Lipinski definition) is 1. The van der Waals surface area contributed by atoms with Gasteiger partial charge in [0.25, 0.3) is 0 Å². The second-order valence-corrected chi connectivity index (χ2v) is 4.36. The molecule has 1 aliphatic rings. The lowest BCUT2D eigenvalue weighted by molar-refractivity contribution is -0.340. The lowest BCUT2D eigenvalue weighted by Gasteiger charge is -1.94. The van der Waals surface area contributed by atoms with E-state index in [0.29, 0.717) is 0 Å². The number of benzene rings is 1. The number of hydrogen-bond acceptors (Lipinski definition) is 2. The van der Waals surface area contributed by atoms with Crippen molar-refractivity contribution in [2.24, 2.45) is 0 Å². The Balaban J connectivity index is 2.30. The molecule has 2 aromatic rings. The van der Waals surface area contributed by atoms with Gasteiger partial charge in [0.2, 0.25) is 0 Å². The molecule has 1 aliphatic carbocycles. The van der Waals surface area contributed by atoms with Gasteiger partial charge in [0.1, 0.15) is 5.69 Å². The van der Waals surface area contributed by atoms with E-state index >= 15 is 0 Å². The summed E-state index contributed by atoms with van der Waals surface area (Å²) in [5, 5.41) is 0.805. The molecule has 0 fully saturated rings. The molecule has 0 amide bonds. The third-order valence-corrected chi connectivity index (χ3v) is 3.31. The summed E-state index contributed by atoms with van der Waals surface area (Å²) in [4.78, 5) is 4.57. The lowest BCUT2D eigenvalue weighted by Crippen LogP contribution is -2.06. The molecule has 1 heterocycles. The van der Waals surface area contributed by atoms with Crippen LogP contribution in [-0.2, 0) is 6.42 Å². The molecule has 13 heavy (non-hydrogen) atoms. The van der Waals surface area contributed by atoms with E-state index in [4.69, 9.17) is 5.73 Å². The van der Waals surface area contributed by atoms with Crippen molar-refractivity contribution < 1.29 is 4.98 Å². The van der Waals surface area contributed by atoms with E-state index < -0.39 is 0 Å². The van der Waals surface area contributed by atoms with Crippen molar-refractivity contribution in [3.8, 4) is 11.3 Å². The standard InChI is InChI=1S/C10H8N2S/c11-10-12-9-7-4-2-1-3-6(7)5-8(9)13-10/h1-4H,5H2,(H2,11,12)/p+1. The zero-order valence-corrected chi connectivity index (χ0v) is 7.82. The Morgan fingerprint density at radius 3 is 3.08 bits per heavy atom. The van der Waals surface area contributed by atoms with Crippen molar-refractivity contribution in [2.45, 2.75) is 6.42 Å². The van der Waals surface area contributed by atoms with Crippen LogP contribution in [0.2, 0.25) is 0 Å². The summed E-state index contributed by atoms with van der Waals surface area (Å²) in [6.45, 7) is 0. The molecule has 0 radical (unpaired) electrons. The van der Waals surface area contributed by atoms with Gasteiger partial charge >= 0.3 is 5.13 Å². The van der Waals surface area contributed by atoms with E-state index in [1.54, 1.807) is 11.3 Å². The molecule has 0 unspecified atom stereocenters. The van der Waals surface area contributed by atoms with E-state index in [-0.39, 0.29) is 0 Å². The number of rotatable bonds is 0. The molecular weight excluding hydrogens is 180 g/mol. The van der Waals surface area contributed by atoms with Crippen LogP contribution in [-0.4, -0.2) is 0 Å². The van der Waals surface area contributed by atoms with Crippen LogP contribution in [0.3, 0.4) is 0 Å². The second kappa shape index (κ2) is 2.33. The first-order chi connectivity index (χ1) is 6.34. The summed E-state index contributed by atoms with van der Waals surface area (Å²) < 4.78 is 0. The Morgan fingerprint density at radius 1 is 1.31 bits per heavy atom. The topological polar surface area (TPSA) is 40.2 Å². The van der Waals surface area contributed by atoms with Crippen molar-refractivity contribution in [1.82, 2.24) is 0 Å². The van der Waals surface area contributed by atoms with Crippen LogP contribution < -0.4 is 10.7 Å². The Kier molecular flexibility index (Phi) is 1.27. The summed E-state index contributed by atoms with van der Waals surface area (Å²) in [5.74, 6) is 0. The summed E-state index contributed by atoms with van der Waals surface area (Å²) in [6, 6.07) is 8.46. The number of nitrogens with one attached hydrogen (secondary N) is 1. The summed E-state index contributed by atoms with van der Waals surface area (Å²) >= 11 is 1.66. The van der Waals surface area contributed by atoms with Crippen molar-refractivity contribution in [3.05, 3.63) is 34.7 Å². The Bertz CT molecular complexity index is 474. The molecule has 3 heteroatoms. The summed E-state index contributed by atoms with van der Waals surface area (Å²) in [7, 11) is 0. The monoisotopic (exact) mass is 189 g/mol. The average molecular weight is 189 g/mol. The number of aromatic nitrogens is 1. The molecule has 3 rings (SSSR count). The molecule has 1 aromatic heterocycles. The summed E-state index contributed by atoms with van der Waals surface area (Å²) in [5.41, 5.74) is 9.64. The van der Waals surface area contributed by atoms with Crippen LogP contribution in [0.4, 0.5) is 5.13 Å². The number of anilines is 1. The van der Waals surface area contributed by atoms with Crippen molar-refractivity contribution in [1.29, 1.82) is 0 Å². The average Bonchev–Trinajstić information content (AvgIpc) is 2.60. The molecular formula is C10H9N2S+. The lowest BCUT2D eigenvalue weighted by atomic mass is 10.1. The van der Waals surface area contributed by atoms with Crippen LogP contribution in [0, 0.1) is 0 Å². The first kappa shape index (κ1) is 7.09. The van der Waals surface area contributed by atoms with Crippen molar-refractivity contribution >= 4 is 16.5 Å². The molecule has 1 aromatic carbocycles. The van der Waals surface area contributed by atoms with Crippen LogP contribution in [0.5, 0.6) is 0 Å². The fourth-order valence-electron chi connectivity index (χ4n) is 1.84. The normalized spacial score (nSPS) is 12.6. The first-order valence-corrected chi connectivity index (χ1v) is 5.05. The maximum Gasteiger partial charge on any atom is 0.330 e. The van der Waals surface area contributed by atoms with E-state index in [9.17, 15) is 0 Å². The molecule has 64 valence electrons. The molecule has 0 saturated heterocycles. The van der Waals surface area contributed by atoms with Crippen LogP contribution in [0.1, 0.15) is 10.4 Å². The predicted molar refractivity (Wildman–Crippen MR) is 53.5 cm³/mol. The third kappa shape index (κ3) is 0.906. The Morgan fingerprint density at radius 2 is 2.15 bits per heavy atom. The minimum atomic E-state index is 0.805. The molecule has 3 N–H and O–H groups in total. The fraction of sp³-hybridized carbons (Fsp3) is 0.100. The van der Waals surface area contributed by atoms with Gasteiger partial charge < -0.3 is 0 Å². The van der Waals surface area contributed by atoms with Crippen LogP contribution in [0.25, 0.3) is 11.3 Å². The molecule has 0 aliphatic heterocycles. The quantitative estimate of drug-likeness (QED) is 0.574. The Hall–Kier alpha value is -1.35. The number of fused-ring (bicyclic) bond motifs is 3. The fourth-order valence-corrected chi connectivity index (χ4v) is 2.74. The smallest absolute Gasteiger partial charge is 0.278 e. The van der Waals surface area contributed by atoms with Gasteiger partial charge in [0.05, 0.1) is 4.88 Å². The van der Waals surface area contributed by atoms with Gasteiger partial charge in [-0.2, -0.15) is 0 Å². The minimum Gasteiger partial charge on any atom is -0.278 e. The van der Waals surface area contributed by atoms with Gasteiger partial charge in [0.15, 0.2) is 0 Å². The van der Waals surface area contributed by atoms with Crippen molar-refractivity contribution in [3.63, 3.8) is 0 Å². The SMILES string of the molecule is Nc1[nH+]c2c(s1)Cc1ccccc1-2. The van der Waals surface area contributed by atoms with Gasteiger partial charge in [-0.1, -0.05) is 35.6 Å². The highest BCUT2D eigenvalue weighted by molar-refractivity contribution is 7.15. The highest BCUT2D eigenvalue weighted by Crippen LogP contribution is 2.37. The maximum absolute atomic E-state index is 5.71. The number of thiazole rings is 1. The van der Waals surface area contributed by atoms with Crippen LogP contribution >= 0.6 is 11.3 Å². The minimum absolute atomic E-state index is 0.805. The van der Waals surface area contributed by atoms with Gasteiger partial charge in [0, 0.05) is 12.0 Å². The van der Waals surface area contributed by atoms with Gasteiger partial charge in [-0.3, -0.25) is 5.73 Å². The van der Waals surface area contributed by atoms with Gasteiger partial charge in [-0.25, -0.2) is 4.98 Å². The number of H-pyrrole nitrogens is 1. The largest absolute Gasteiger partial charge is 0.330 e. The Labute approximate surface area is 80.0 Å². The predicted octanol–water partition coefficient (Wildman–Crippen LogP) is 1.72. The molecule has 0 bridgehead atoms. The third-order valence-electron chi connectivity index (χ3n) is 2.40. The first-order valence-electron chi connectivity index (χ1n) is 4.23. The molecule has 0 atom stereocenters. The van der Waals surface area contributed by atoms with Crippen molar-refractivity contribution in [2.75, 3.05) is 5.73 Å². The molecule has 2 nitrogen and oxygen atoms in total.